The molecule has 0 saturated carbocycles. The average molecular weight is 805 g/mol. The number of rotatable bonds is 10. The first-order valence-corrected chi connectivity index (χ1v) is 19.0. The number of anilines is 2. The van der Waals surface area contributed by atoms with Gasteiger partial charge in [0, 0.05) is 28.2 Å². The third-order valence-electron chi connectivity index (χ3n) is 9.66. The molecule has 286 valence electrons. The van der Waals surface area contributed by atoms with Crippen molar-refractivity contribution in [3.63, 3.8) is 0 Å². The summed E-state index contributed by atoms with van der Waals surface area (Å²) in [6, 6.07) is 41.1. The maximum absolute atomic E-state index is 13.0. The number of hydrogen-bond donors (Lipinski definition) is 2. The van der Waals surface area contributed by atoms with Crippen LogP contribution in [0, 0.1) is 23.5 Å². The van der Waals surface area contributed by atoms with Crippen molar-refractivity contribution in [2.45, 2.75) is 26.2 Å². The Morgan fingerprint density at radius 3 is 1.62 bits per heavy atom. The van der Waals surface area contributed by atoms with Gasteiger partial charge in [-0.1, -0.05) is 96.1 Å². The molecule has 0 bridgehead atoms. The zero-order chi connectivity index (χ0) is 39.9. The molecule has 4 heterocycles. The molecule has 2 unspecified atom stereocenters. The molecule has 2 N–H and O–H groups in total. The van der Waals surface area contributed by atoms with Gasteiger partial charge in [-0.2, -0.15) is 9.36 Å². The Bertz CT molecular complexity index is 3200. The summed E-state index contributed by atoms with van der Waals surface area (Å²) in [4.78, 5) is 25.7. The SMILES string of the molecule is Cc1ccc(C(Nc2ccc(NC(c3ccc(C)cc3)n3nc(-c4cc(=O)oc5ccccc45)oc3=S)cc2)n2nc(-c3cc4ccccc4oc3=O)oc2=S)cc1. The van der Waals surface area contributed by atoms with E-state index in [0.29, 0.717) is 22.1 Å². The minimum Gasteiger partial charge on any atom is -0.423 e. The molecule has 0 aliphatic rings. The first kappa shape index (κ1) is 36.5. The predicted molar refractivity (Wildman–Crippen MR) is 226 cm³/mol. The van der Waals surface area contributed by atoms with Crippen LogP contribution >= 0.6 is 24.4 Å². The molecule has 12 nitrogen and oxygen atoms in total. The van der Waals surface area contributed by atoms with Crippen LogP contribution in [0.5, 0.6) is 0 Å². The molecule has 14 heteroatoms. The molecule has 2 atom stereocenters. The summed E-state index contributed by atoms with van der Waals surface area (Å²) < 4.78 is 26.0. The second kappa shape index (κ2) is 15.1. The van der Waals surface area contributed by atoms with Crippen LogP contribution < -0.4 is 21.9 Å². The van der Waals surface area contributed by atoms with Crippen LogP contribution in [0.25, 0.3) is 44.8 Å². The first-order valence-electron chi connectivity index (χ1n) is 18.2. The summed E-state index contributed by atoms with van der Waals surface area (Å²) in [6.07, 6.45) is -1.20. The van der Waals surface area contributed by atoms with Gasteiger partial charge in [-0.05, 0) is 91.9 Å². The normalized spacial score (nSPS) is 12.4. The van der Waals surface area contributed by atoms with Gasteiger partial charge >= 0.3 is 11.3 Å². The van der Waals surface area contributed by atoms with Crippen LogP contribution in [0.15, 0.2) is 161 Å². The number of aryl methyl sites for hydroxylation is 2. The van der Waals surface area contributed by atoms with Gasteiger partial charge in [0.1, 0.15) is 16.7 Å². The van der Waals surface area contributed by atoms with Crippen molar-refractivity contribution in [1.29, 1.82) is 0 Å². The highest BCUT2D eigenvalue weighted by Crippen LogP contribution is 2.31. The van der Waals surface area contributed by atoms with E-state index < -0.39 is 23.6 Å². The Hall–Kier alpha value is -7.16. The van der Waals surface area contributed by atoms with E-state index in [0.717, 1.165) is 39.0 Å². The number of hydrogen-bond acceptors (Lipinski definition) is 12. The van der Waals surface area contributed by atoms with Crippen molar-refractivity contribution in [1.82, 2.24) is 19.6 Å². The molecule has 0 amide bonds. The summed E-state index contributed by atoms with van der Waals surface area (Å²) in [5.74, 6) is 0.231. The number of para-hydroxylation sites is 2. The van der Waals surface area contributed by atoms with Crippen LogP contribution in [-0.4, -0.2) is 19.6 Å². The Morgan fingerprint density at radius 2 is 1.05 bits per heavy atom. The molecule has 4 aromatic heterocycles. The third kappa shape index (κ3) is 7.17. The summed E-state index contributed by atoms with van der Waals surface area (Å²) >= 11 is 11.4. The van der Waals surface area contributed by atoms with E-state index >= 15 is 0 Å². The maximum atomic E-state index is 13.0. The number of fused-ring (bicyclic) bond motifs is 2. The first-order chi connectivity index (χ1) is 28.2. The monoisotopic (exact) mass is 804 g/mol. The van der Waals surface area contributed by atoms with Gasteiger partial charge in [-0.15, -0.1) is 10.2 Å². The van der Waals surface area contributed by atoms with Gasteiger partial charge in [0.05, 0.1) is 5.56 Å². The quantitative estimate of drug-likeness (QED) is 0.100. The molecule has 0 fully saturated rings. The molecule has 0 aliphatic carbocycles. The topological polar surface area (TPSA) is 146 Å². The van der Waals surface area contributed by atoms with Crippen LogP contribution in [-0.2, 0) is 0 Å². The fraction of sp³-hybridized carbons (Fsp3) is 0.0909. The minimum atomic E-state index is -0.611. The second-order valence-corrected chi connectivity index (χ2v) is 14.4. The Labute approximate surface area is 339 Å². The second-order valence-electron chi connectivity index (χ2n) is 13.7. The number of nitrogens with zero attached hydrogens (tertiary/aromatic N) is 4. The average Bonchev–Trinajstić information content (AvgIpc) is 3.81. The number of aromatic nitrogens is 4. The molecule has 9 rings (SSSR count). The van der Waals surface area contributed by atoms with Crippen molar-refractivity contribution in [2.75, 3.05) is 10.6 Å². The third-order valence-corrected chi connectivity index (χ3v) is 10.2. The molecule has 5 aromatic carbocycles. The summed E-state index contributed by atoms with van der Waals surface area (Å²) in [5, 5.41) is 18.0. The molecule has 0 spiro atoms. The highest BCUT2D eigenvalue weighted by Gasteiger charge is 2.24. The van der Waals surface area contributed by atoms with Crippen LogP contribution in [0.4, 0.5) is 11.4 Å². The minimum absolute atomic E-state index is 0.0450. The standard InChI is InChI=1S/C44H32N6O6S2/c1-25-11-15-27(16-12-25)38(49-43(57)55-40(47-49)33-24-37(51)53-36-10-6-4-8-32(33)36)45-30-19-21-31(22-20-30)46-39(28-17-13-26(2)14-18-28)50-44(58)56-41(48-50)34-23-29-7-3-5-9-35(29)54-42(34)52/h3-24,38-39,45-46H,1-2H3. The van der Waals surface area contributed by atoms with Crippen LogP contribution in [0.1, 0.15) is 34.6 Å². The molecular weight excluding hydrogens is 773 g/mol. The fourth-order valence-corrected chi connectivity index (χ4v) is 7.12. The van der Waals surface area contributed by atoms with E-state index in [2.05, 4.69) is 15.7 Å². The van der Waals surface area contributed by atoms with Gasteiger partial charge in [0.15, 0.2) is 12.3 Å². The zero-order valence-corrected chi connectivity index (χ0v) is 32.5. The van der Waals surface area contributed by atoms with E-state index in [1.807, 2.05) is 111 Å². The predicted octanol–water partition coefficient (Wildman–Crippen LogP) is 10.2. The lowest BCUT2D eigenvalue weighted by molar-refractivity contribution is 0.494. The fourth-order valence-electron chi connectivity index (χ4n) is 6.67. The van der Waals surface area contributed by atoms with Crippen molar-refractivity contribution < 1.29 is 17.7 Å². The highest BCUT2D eigenvalue weighted by atomic mass is 32.1. The van der Waals surface area contributed by atoms with Gasteiger partial charge < -0.3 is 28.3 Å². The van der Waals surface area contributed by atoms with E-state index in [1.54, 1.807) is 35.0 Å². The Kier molecular flexibility index (Phi) is 9.47. The lowest BCUT2D eigenvalue weighted by Gasteiger charge is -2.22. The van der Waals surface area contributed by atoms with Gasteiger partial charge in [-0.3, -0.25) is 0 Å². The van der Waals surface area contributed by atoms with Crippen LogP contribution in [0.2, 0.25) is 0 Å². The molecule has 0 aliphatic heterocycles. The van der Waals surface area contributed by atoms with Gasteiger partial charge in [0.25, 0.3) is 15.6 Å². The zero-order valence-electron chi connectivity index (χ0n) is 30.9. The Balaban J connectivity index is 1.04. The smallest absolute Gasteiger partial charge is 0.349 e. The van der Waals surface area contributed by atoms with Crippen LogP contribution in [0.3, 0.4) is 0 Å². The molecule has 0 radical (unpaired) electrons. The Morgan fingerprint density at radius 1 is 0.552 bits per heavy atom. The van der Waals surface area contributed by atoms with Crippen molar-refractivity contribution >= 4 is 57.7 Å². The molecule has 9 aromatic rings. The largest absolute Gasteiger partial charge is 0.423 e. The van der Waals surface area contributed by atoms with Gasteiger partial charge in [0.2, 0.25) is 5.89 Å². The molecular formula is C44H32N6O6S2. The lowest BCUT2D eigenvalue weighted by atomic mass is 10.1. The van der Waals surface area contributed by atoms with Crippen molar-refractivity contribution in [3.8, 4) is 22.9 Å². The van der Waals surface area contributed by atoms with Gasteiger partial charge in [-0.25, -0.2) is 9.59 Å². The van der Waals surface area contributed by atoms with Crippen molar-refractivity contribution in [2.24, 2.45) is 0 Å². The number of benzene rings is 5. The van der Waals surface area contributed by atoms with E-state index in [9.17, 15) is 9.59 Å². The van der Waals surface area contributed by atoms with Crippen molar-refractivity contribution in [3.05, 3.63) is 186 Å². The summed E-state index contributed by atoms with van der Waals surface area (Å²) in [7, 11) is 0. The molecule has 58 heavy (non-hydrogen) atoms. The lowest BCUT2D eigenvalue weighted by Crippen LogP contribution is -2.22. The summed E-state index contributed by atoms with van der Waals surface area (Å²) in [5.41, 5.74) is 5.79. The molecule has 0 saturated heterocycles. The maximum Gasteiger partial charge on any atom is 0.349 e. The van der Waals surface area contributed by atoms with E-state index in [4.69, 9.17) is 47.2 Å². The highest BCUT2D eigenvalue weighted by molar-refractivity contribution is 7.71. The number of nitrogens with one attached hydrogen (secondary N) is 2. The van der Waals surface area contributed by atoms with E-state index in [-0.39, 0.29) is 27.0 Å². The summed E-state index contributed by atoms with van der Waals surface area (Å²) in [6.45, 7) is 4.02. The van der Waals surface area contributed by atoms with E-state index in [1.165, 1.54) is 10.7 Å².